The van der Waals surface area contributed by atoms with Gasteiger partial charge in [-0.3, -0.25) is 14.9 Å². The van der Waals surface area contributed by atoms with Gasteiger partial charge in [0.1, 0.15) is 5.75 Å². The number of rotatable bonds is 8. The summed E-state index contributed by atoms with van der Waals surface area (Å²) in [6.07, 6.45) is 1.49. The van der Waals surface area contributed by atoms with Gasteiger partial charge in [0.05, 0.1) is 16.4 Å². The predicted octanol–water partition coefficient (Wildman–Crippen LogP) is 4.38. The van der Waals surface area contributed by atoms with Gasteiger partial charge >= 0.3 is 6.61 Å². The lowest BCUT2D eigenvalue weighted by Crippen LogP contribution is -2.14. The van der Waals surface area contributed by atoms with Crippen LogP contribution in [-0.4, -0.2) is 33.2 Å². The number of non-ortho nitro benzene ring substituents is 1. The molecule has 0 radical (unpaired) electrons. The van der Waals surface area contributed by atoms with Gasteiger partial charge in [-0.2, -0.15) is 8.78 Å². The number of thioether (sulfide) groups is 1. The van der Waals surface area contributed by atoms with E-state index in [1.54, 1.807) is 24.3 Å². The van der Waals surface area contributed by atoms with E-state index in [4.69, 9.17) is 0 Å². The van der Waals surface area contributed by atoms with Gasteiger partial charge in [0, 0.05) is 29.6 Å². The molecule has 0 saturated carbocycles. The molecule has 11 heteroatoms. The first-order valence-electron chi connectivity index (χ1n) is 8.46. The zero-order valence-electron chi connectivity index (χ0n) is 15.2. The number of carbonyl (C=O) groups is 1. The summed E-state index contributed by atoms with van der Waals surface area (Å²) < 4.78 is 29.2. The number of aromatic nitrogens is 2. The molecule has 0 unspecified atom stereocenters. The minimum absolute atomic E-state index is 0.00616. The number of benzene rings is 2. The fraction of sp³-hybridized carbons (Fsp3) is 0.105. The Balaban J connectivity index is 1.64. The van der Waals surface area contributed by atoms with Gasteiger partial charge in [-0.1, -0.05) is 30.0 Å². The lowest BCUT2D eigenvalue weighted by atomic mass is 10.1. The Kier molecular flexibility index (Phi) is 6.86. The third-order valence-corrected chi connectivity index (χ3v) is 4.52. The number of nitrogens with one attached hydrogen (secondary N) is 1. The standard InChI is InChI=1S/C19H14F2N4O4S/c20-18(21)29-15-6-1-3-12(9-15)16-7-8-22-19(24-16)30-11-17(26)23-13-4-2-5-14(10-13)25(27)28/h1-10,18H,11H2,(H,23,26). The first-order valence-corrected chi connectivity index (χ1v) is 9.44. The topological polar surface area (TPSA) is 107 Å². The molecule has 1 aromatic heterocycles. The maximum absolute atomic E-state index is 12.4. The molecular weight excluding hydrogens is 418 g/mol. The van der Waals surface area contributed by atoms with Crippen LogP contribution in [0.5, 0.6) is 5.75 Å². The van der Waals surface area contributed by atoms with E-state index in [0.29, 0.717) is 22.1 Å². The maximum Gasteiger partial charge on any atom is 0.387 e. The van der Waals surface area contributed by atoms with Crippen LogP contribution >= 0.6 is 11.8 Å². The molecule has 2 aromatic carbocycles. The van der Waals surface area contributed by atoms with E-state index in [9.17, 15) is 23.7 Å². The number of halogens is 2. The van der Waals surface area contributed by atoms with E-state index >= 15 is 0 Å². The molecule has 3 aromatic rings. The highest BCUT2D eigenvalue weighted by Crippen LogP contribution is 2.25. The number of nitrogens with zero attached hydrogens (tertiary/aromatic N) is 3. The Bertz CT molecular complexity index is 1070. The fourth-order valence-corrected chi connectivity index (χ4v) is 3.06. The van der Waals surface area contributed by atoms with Crippen LogP contribution in [0, 0.1) is 10.1 Å². The van der Waals surface area contributed by atoms with Crippen molar-refractivity contribution in [2.75, 3.05) is 11.1 Å². The molecule has 1 N–H and O–H groups in total. The van der Waals surface area contributed by atoms with Crippen molar-refractivity contribution in [1.82, 2.24) is 9.97 Å². The number of alkyl halides is 2. The first kappa shape index (κ1) is 21.1. The van der Waals surface area contributed by atoms with Gasteiger partial charge < -0.3 is 10.1 Å². The Morgan fingerprint density at radius 1 is 1.20 bits per heavy atom. The molecule has 0 aliphatic carbocycles. The highest BCUT2D eigenvalue weighted by atomic mass is 32.2. The van der Waals surface area contributed by atoms with Crippen LogP contribution in [0.3, 0.4) is 0 Å². The second kappa shape index (κ2) is 9.74. The van der Waals surface area contributed by atoms with E-state index < -0.39 is 11.5 Å². The van der Waals surface area contributed by atoms with Crippen molar-refractivity contribution in [3.8, 4) is 17.0 Å². The molecule has 0 atom stereocenters. The van der Waals surface area contributed by atoms with Crippen molar-refractivity contribution < 1.29 is 23.2 Å². The van der Waals surface area contributed by atoms with Gasteiger partial charge in [-0.05, 0) is 24.3 Å². The number of carbonyl (C=O) groups excluding carboxylic acids is 1. The van der Waals surface area contributed by atoms with E-state index in [-0.39, 0.29) is 23.1 Å². The van der Waals surface area contributed by atoms with Crippen molar-refractivity contribution in [2.24, 2.45) is 0 Å². The molecule has 0 spiro atoms. The minimum Gasteiger partial charge on any atom is -0.435 e. The molecule has 8 nitrogen and oxygen atoms in total. The van der Waals surface area contributed by atoms with E-state index in [0.717, 1.165) is 11.8 Å². The second-order valence-corrected chi connectivity index (χ2v) is 6.72. The molecule has 0 fully saturated rings. The van der Waals surface area contributed by atoms with Crippen molar-refractivity contribution in [1.29, 1.82) is 0 Å². The minimum atomic E-state index is -2.93. The van der Waals surface area contributed by atoms with Gasteiger partial charge in [-0.15, -0.1) is 0 Å². The van der Waals surface area contributed by atoms with Gasteiger partial charge in [0.15, 0.2) is 5.16 Å². The van der Waals surface area contributed by atoms with Crippen LogP contribution in [0.2, 0.25) is 0 Å². The number of hydrogen-bond donors (Lipinski definition) is 1. The third kappa shape index (κ3) is 5.95. The number of nitro benzene ring substituents is 1. The lowest BCUT2D eigenvalue weighted by molar-refractivity contribution is -0.384. The van der Waals surface area contributed by atoms with Crippen LogP contribution in [-0.2, 0) is 4.79 Å². The van der Waals surface area contributed by atoms with Gasteiger partial charge in [0.25, 0.3) is 5.69 Å². The molecule has 0 bridgehead atoms. The number of nitro groups is 1. The summed E-state index contributed by atoms with van der Waals surface area (Å²) >= 11 is 1.06. The molecule has 1 heterocycles. The van der Waals surface area contributed by atoms with Crippen molar-refractivity contribution >= 4 is 29.0 Å². The number of hydrogen-bond acceptors (Lipinski definition) is 7. The molecule has 3 rings (SSSR count). The number of amides is 1. The van der Waals surface area contributed by atoms with Crippen LogP contribution in [0.4, 0.5) is 20.2 Å². The normalized spacial score (nSPS) is 10.6. The largest absolute Gasteiger partial charge is 0.435 e. The quantitative estimate of drug-likeness (QED) is 0.244. The zero-order valence-corrected chi connectivity index (χ0v) is 16.0. The Hall–Kier alpha value is -3.60. The summed E-state index contributed by atoms with van der Waals surface area (Å²) in [5.41, 5.74) is 1.21. The highest BCUT2D eigenvalue weighted by molar-refractivity contribution is 7.99. The number of ether oxygens (including phenoxy) is 1. The molecular formula is C19H14F2N4O4S. The average Bonchev–Trinajstić information content (AvgIpc) is 2.72. The van der Waals surface area contributed by atoms with E-state index in [1.165, 1.54) is 36.5 Å². The summed E-state index contributed by atoms with van der Waals surface area (Å²) in [6.45, 7) is -2.93. The van der Waals surface area contributed by atoms with Crippen molar-refractivity contribution in [3.63, 3.8) is 0 Å². The monoisotopic (exact) mass is 432 g/mol. The maximum atomic E-state index is 12.4. The fourth-order valence-electron chi connectivity index (χ4n) is 2.43. The third-order valence-electron chi connectivity index (χ3n) is 3.66. The Morgan fingerprint density at radius 2 is 2.00 bits per heavy atom. The Labute approximate surface area is 173 Å². The average molecular weight is 432 g/mol. The first-order chi connectivity index (χ1) is 14.4. The molecule has 0 aliphatic heterocycles. The summed E-state index contributed by atoms with van der Waals surface area (Å²) in [4.78, 5) is 30.8. The van der Waals surface area contributed by atoms with Crippen molar-refractivity contribution in [2.45, 2.75) is 11.8 Å². The van der Waals surface area contributed by atoms with E-state index in [1.807, 2.05) is 0 Å². The van der Waals surface area contributed by atoms with Gasteiger partial charge in [0.2, 0.25) is 5.91 Å². The summed E-state index contributed by atoms with van der Waals surface area (Å²) in [5, 5.41) is 13.7. The van der Waals surface area contributed by atoms with Crippen molar-refractivity contribution in [3.05, 3.63) is 70.9 Å². The van der Waals surface area contributed by atoms with Crippen LogP contribution in [0.1, 0.15) is 0 Å². The smallest absolute Gasteiger partial charge is 0.387 e. The summed E-state index contributed by atoms with van der Waals surface area (Å²) in [6, 6.07) is 13.3. The second-order valence-electron chi connectivity index (χ2n) is 5.78. The predicted molar refractivity (Wildman–Crippen MR) is 107 cm³/mol. The molecule has 0 aliphatic rings. The lowest BCUT2D eigenvalue weighted by Gasteiger charge is -2.08. The summed E-state index contributed by atoms with van der Waals surface area (Å²) in [5.74, 6) is -0.408. The summed E-state index contributed by atoms with van der Waals surface area (Å²) in [7, 11) is 0. The van der Waals surface area contributed by atoms with E-state index in [2.05, 4.69) is 20.0 Å². The van der Waals surface area contributed by atoms with Crippen LogP contribution in [0.15, 0.2) is 66.0 Å². The van der Waals surface area contributed by atoms with Crippen LogP contribution in [0.25, 0.3) is 11.3 Å². The van der Waals surface area contributed by atoms with Gasteiger partial charge in [-0.25, -0.2) is 9.97 Å². The highest BCUT2D eigenvalue weighted by Gasteiger charge is 2.11. The Morgan fingerprint density at radius 3 is 2.77 bits per heavy atom. The number of anilines is 1. The molecule has 30 heavy (non-hydrogen) atoms. The SMILES string of the molecule is O=C(CSc1nccc(-c2cccc(OC(F)F)c2)n1)Nc1cccc([N+](=O)[O-])c1. The molecule has 154 valence electrons. The van der Waals surface area contributed by atoms with Crippen LogP contribution < -0.4 is 10.1 Å². The molecule has 1 amide bonds. The zero-order chi connectivity index (χ0) is 21.5. The molecule has 0 saturated heterocycles.